The number of imide groups is 1. The average Bonchev–Trinajstić information content (AvgIpc) is 3.35. The Morgan fingerprint density at radius 2 is 1.85 bits per heavy atom. The minimum atomic E-state index is -4.53. The van der Waals surface area contributed by atoms with Crippen LogP contribution in [0.5, 0.6) is 0 Å². The van der Waals surface area contributed by atoms with Crippen LogP contribution in [0.1, 0.15) is 11.3 Å². The number of thioether (sulfide) groups is 1. The molecule has 4 heterocycles. The van der Waals surface area contributed by atoms with Gasteiger partial charge in [-0.15, -0.1) is 0 Å². The number of fused-ring (bicyclic) bond motifs is 1. The summed E-state index contributed by atoms with van der Waals surface area (Å²) in [5.74, 6) is -0.517. The molecule has 176 valence electrons. The maximum Gasteiger partial charge on any atom is 0.418 e. The molecule has 2 saturated heterocycles. The third kappa shape index (κ3) is 4.26. The first-order chi connectivity index (χ1) is 16.2. The summed E-state index contributed by atoms with van der Waals surface area (Å²) in [7, 11) is 1.95. The zero-order valence-corrected chi connectivity index (χ0v) is 18.8. The van der Waals surface area contributed by atoms with Crippen LogP contribution in [0.25, 0.3) is 23.0 Å². The number of hydrogen-bond acceptors (Lipinski definition) is 7. The van der Waals surface area contributed by atoms with Crippen LogP contribution in [0.15, 0.2) is 41.4 Å². The zero-order chi connectivity index (χ0) is 24.0. The van der Waals surface area contributed by atoms with Gasteiger partial charge in [0, 0.05) is 37.4 Å². The lowest BCUT2D eigenvalue weighted by molar-refractivity contribution is -0.137. The molecule has 2 aliphatic rings. The molecule has 2 aliphatic heterocycles. The van der Waals surface area contributed by atoms with Gasteiger partial charge in [0.25, 0.3) is 11.1 Å². The smallest absolute Gasteiger partial charge is 0.368 e. The summed E-state index contributed by atoms with van der Waals surface area (Å²) in [4.78, 5) is 31.5. The average molecular weight is 488 g/mol. The Bertz CT molecular complexity index is 1330. The standard InChI is InChI=1S/C22H19F3N6O2S/c1-29-6-8-30(9-7-29)16-4-2-13(10-15(16)22(23,24)25)17-12-26-19-5-3-14(28-31(17)19)11-18-20(32)27-21(33)34-18/h2-5,10-12H,6-9H2,1H3,(H,27,32,33). The van der Waals surface area contributed by atoms with E-state index in [1.807, 2.05) is 7.05 Å². The summed E-state index contributed by atoms with van der Waals surface area (Å²) in [6.07, 6.45) is -1.62. The molecule has 0 unspecified atom stereocenters. The van der Waals surface area contributed by atoms with Gasteiger partial charge in [0.05, 0.1) is 28.1 Å². The van der Waals surface area contributed by atoms with E-state index < -0.39 is 22.9 Å². The van der Waals surface area contributed by atoms with Gasteiger partial charge in [-0.05, 0) is 49.2 Å². The molecule has 1 aromatic carbocycles. The Balaban J connectivity index is 1.55. The normalized spacial score (nSPS) is 18.8. The molecule has 2 fully saturated rings. The number of halogens is 3. The summed E-state index contributed by atoms with van der Waals surface area (Å²) in [6, 6.07) is 7.53. The third-order valence-electron chi connectivity index (χ3n) is 5.75. The summed E-state index contributed by atoms with van der Waals surface area (Å²) >= 11 is 0.760. The van der Waals surface area contributed by atoms with Gasteiger partial charge >= 0.3 is 6.18 Å². The summed E-state index contributed by atoms with van der Waals surface area (Å²) < 4.78 is 43.5. The fourth-order valence-electron chi connectivity index (χ4n) is 3.96. The second-order valence-corrected chi connectivity index (χ2v) is 9.06. The van der Waals surface area contributed by atoms with Crippen LogP contribution in [0.3, 0.4) is 0 Å². The fourth-order valence-corrected chi connectivity index (χ4v) is 4.63. The highest BCUT2D eigenvalue weighted by Crippen LogP contribution is 2.39. The van der Waals surface area contributed by atoms with Gasteiger partial charge in [-0.25, -0.2) is 9.50 Å². The second-order valence-electron chi connectivity index (χ2n) is 8.04. The number of nitrogens with one attached hydrogen (secondary N) is 1. The molecule has 3 aromatic rings. The van der Waals surface area contributed by atoms with E-state index in [2.05, 4.69) is 20.3 Å². The SMILES string of the molecule is CN1CCN(c2ccc(-c3cnc4ccc(C=C5SC(=O)NC5=O)nn34)cc2C(F)(F)F)CC1. The van der Waals surface area contributed by atoms with E-state index >= 15 is 0 Å². The highest BCUT2D eigenvalue weighted by Gasteiger charge is 2.36. The summed E-state index contributed by atoms with van der Waals surface area (Å²) in [5.41, 5.74) is 0.951. The van der Waals surface area contributed by atoms with Crippen molar-refractivity contribution in [2.24, 2.45) is 0 Å². The van der Waals surface area contributed by atoms with Crippen LogP contribution in [0.4, 0.5) is 23.7 Å². The minimum absolute atomic E-state index is 0.158. The number of benzene rings is 1. The van der Waals surface area contributed by atoms with Gasteiger partial charge in [0.1, 0.15) is 0 Å². The zero-order valence-electron chi connectivity index (χ0n) is 18.0. The molecular formula is C22H19F3N6O2S. The summed E-state index contributed by atoms with van der Waals surface area (Å²) in [6.45, 7) is 2.41. The first kappa shape index (κ1) is 22.4. The topological polar surface area (TPSA) is 82.8 Å². The van der Waals surface area contributed by atoms with Crippen molar-refractivity contribution in [1.82, 2.24) is 24.8 Å². The van der Waals surface area contributed by atoms with Crippen LogP contribution < -0.4 is 10.2 Å². The number of rotatable bonds is 3. The Kier molecular flexibility index (Phi) is 5.56. The maximum atomic E-state index is 14.0. The minimum Gasteiger partial charge on any atom is -0.368 e. The van der Waals surface area contributed by atoms with Crippen molar-refractivity contribution in [2.75, 3.05) is 38.1 Å². The van der Waals surface area contributed by atoms with Crippen molar-refractivity contribution in [1.29, 1.82) is 0 Å². The molecule has 0 spiro atoms. The number of aromatic nitrogens is 3. The first-order valence-corrected chi connectivity index (χ1v) is 11.3. The van der Waals surface area contributed by atoms with E-state index in [-0.39, 0.29) is 10.6 Å². The number of anilines is 1. The molecule has 0 bridgehead atoms. The number of amides is 2. The lowest BCUT2D eigenvalue weighted by atomic mass is 10.0. The number of nitrogens with zero attached hydrogens (tertiary/aromatic N) is 5. The Hall–Kier alpha value is -3.38. The van der Waals surface area contributed by atoms with Gasteiger partial charge in [0.15, 0.2) is 5.65 Å². The van der Waals surface area contributed by atoms with Crippen LogP contribution in [0, 0.1) is 0 Å². The number of imidazole rings is 1. The van der Waals surface area contributed by atoms with Crippen molar-refractivity contribution in [2.45, 2.75) is 6.18 Å². The molecule has 34 heavy (non-hydrogen) atoms. The van der Waals surface area contributed by atoms with Gasteiger partial charge in [-0.3, -0.25) is 14.9 Å². The van der Waals surface area contributed by atoms with Gasteiger partial charge in [-0.1, -0.05) is 6.07 Å². The van der Waals surface area contributed by atoms with Crippen molar-refractivity contribution in [3.05, 3.63) is 52.7 Å². The number of carbonyl (C=O) groups excluding carboxylic acids is 2. The molecule has 0 atom stereocenters. The van der Waals surface area contributed by atoms with Crippen LogP contribution >= 0.6 is 11.8 Å². The van der Waals surface area contributed by atoms with Crippen molar-refractivity contribution in [3.8, 4) is 11.3 Å². The lowest BCUT2D eigenvalue weighted by Gasteiger charge is -2.35. The third-order valence-corrected chi connectivity index (χ3v) is 6.56. The Labute approximate surface area is 196 Å². The van der Waals surface area contributed by atoms with Crippen LogP contribution in [-0.4, -0.2) is 63.9 Å². The van der Waals surface area contributed by atoms with E-state index in [1.54, 1.807) is 23.1 Å². The number of carbonyl (C=O) groups is 2. The Morgan fingerprint density at radius 3 is 2.53 bits per heavy atom. The number of hydrogen-bond donors (Lipinski definition) is 1. The van der Waals surface area contributed by atoms with Crippen molar-refractivity contribution in [3.63, 3.8) is 0 Å². The van der Waals surface area contributed by atoms with Gasteiger partial charge in [0.2, 0.25) is 0 Å². The van der Waals surface area contributed by atoms with E-state index in [1.165, 1.54) is 22.9 Å². The van der Waals surface area contributed by atoms with Crippen molar-refractivity contribution < 1.29 is 22.8 Å². The molecule has 0 saturated carbocycles. The van der Waals surface area contributed by atoms with E-state index in [9.17, 15) is 22.8 Å². The predicted molar refractivity (Wildman–Crippen MR) is 122 cm³/mol. The molecule has 5 rings (SSSR count). The number of piperazine rings is 1. The monoisotopic (exact) mass is 488 g/mol. The quantitative estimate of drug-likeness (QED) is 0.565. The van der Waals surface area contributed by atoms with E-state index in [4.69, 9.17) is 0 Å². The summed E-state index contributed by atoms with van der Waals surface area (Å²) in [5, 5.41) is 6.12. The van der Waals surface area contributed by atoms with Gasteiger partial charge in [-0.2, -0.15) is 18.3 Å². The molecule has 12 heteroatoms. The maximum absolute atomic E-state index is 14.0. The fraction of sp³-hybridized carbons (Fsp3) is 0.273. The van der Waals surface area contributed by atoms with E-state index in [0.717, 1.165) is 17.8 Å². The van der Waals surface area contributed by atoms with Crippen molar-refractivity contribution >= 4 is 40.3 Å². The lowest BCUT2D eigenvalue weighted by Crippen LogP contribution is -2.45. The van der Waals surface area contributed by atoms with E-state index in [0.29, 0.717) is 48.8 Å². The highest BCUT2D eigenvalue weighted by molar-refractivity contribution is 8.18. The molecule has 0 radical (unpaired) electrons. The van der Waals surface area contributed by atoms with Crippen LogP contribution in [0.2, 0.25) is 0 Å². The molecule has 2 amide bonds. The van der Waals surface area contributed by atoms with Crippen LogP contribution in [-0.2, 0) is 11.0 Å². The number of alkyl halides is 3. The number of likely N-dealkylation sites (N-methyl/N-ethyl adjacent to an activating group) is 1. The molecule has 8 nitrogen and oxygen atoms in total. The predicted octanol–water partition coefficient (Wildman–Crippen LogP) is 3.49. The first-order valence-electron chi connectivity index (χ1n) is 10.4. The van der Waals surface area contributed by atoms with Gasteiger partial charge < -0.3 is 9.80 Å². The molecule has 1 N–H and O–H groups in total. The molecule has 2 aromatic heterocycles. The highest BCUT2D eigenvalue weighted by atomic mass is 32.2. The molecule has 0 aliphatic carbocycles. The Morgan fingerprint density at radius 1 is 1.09 bits per heavy atom. The second kappa shape index (κ2) is 8.44. The molecular weight excluding hydrogens is 469 g/mol. The largest absolute Gasteiger partial charge is 0.418 e.